The van der Waals surface area contributed by atoms with Crippen LogP contribution in [0.3, 0.4) is 0 Å². The Balaban J connectivity index is 2.15. The van der Waals surface area contributed by atoms with Gasteiger partial charge in [0.15, 0.2) is 5.60 Å². The summed E-state index contributed by atoms with van der Waals surface area (Å²) in [6.45, 7) is 11.9. The second-order valence-electron chi connectivity index (χ2n) is 7.35. The Morgan fingerprint density at radius 1 is 0.931 bits per heavy atom. The number of benzene rings is 2. The lowest BCUT2D eigenvalue weighted by atomic mass is 9.76. The van der Waals surface area contributed by atoms with Crippen molar-refractivity contribution in [3.05, 3.63) is 88.0 Å². The summed E-state index contributed by atoms with van der Waals surface area (Å²) in [6, 6.07) is 8.03. The number of aryl methyl sites for hydroxylation is 1. The highest BCUT2D eigenvalue weighted by Crippen LogP contribution is 2.57. The van der Waals surface area contributed by atoms with Crippen LogP contribution in [0.25, 0.3) is 18.2 Å². The van der Waals surface area contributed by atoms with Crippen LogP contribution in [0.4, 0.5) is 0 Å². The number of rotatable bonds is 3. The average molecular weight is 384 g/mol. The number of hydrogen-bond donors (Lipinski definition) is 0. The number of ether oxygens (including phenoxy) is 2. The predicted octanol–water partition coefficient (Wildman–Crippen LogP) is 6.56. The molecular weight excluding hydrogens is 360 g/mol. The van der Waals surface area contributed by atoms with Crippen molar-refractivity contribution in [2.45, 2.75) is 33.3 Å². The van der Waals surface area contributed by atoms with Gasteiger partial charge in [-0.05, 0) is 50.5 Å². The number of allylic oxidation sites excluding steroid dienone is 2. The number of carbonyl (C=O) groups excluding carboxylic acids is 1. The van der Waals surface area contributed by atoms with Crippen LogP contribution >= 0.6 is 0 Å². The van der Waals surface area contributed by atoms with Crippen molar-refractivity contribution in [1.29, 1.82) is 0 Å². The Bertz CT molecular complexity index is 1130. The van der Waals surface area contributed by atoms with Crippen LogP contribution in [0.2, 0.25) is 0 Å². The van der Waals surface area contributed by atoms with Crippen molar-refractivity contribution in [2.24, 2.45) is 0 Å². The van der Waals surface area contributed by atoms with E-state index in [1.807, 2.05) is 69.4 Å². The van der Waals surface area contributed by atoms with E-state index >= 15 is 0 Å². The highest BCUT2D eigenvalue weighted by molar-refractivity contribution is 5.90. The summed E-state index contributed by atoms with van der Waals surface area (Å²) in [4.78, 5) is 12.4. The molecule has 0 radical (unpaired) electrons. The van der Waals surface area contributed by atoms with Crippen LogP contribution in [-0.4, -0.2) is 5.97 Å². The first-order chi connectivity index (χ1) is 14.0. The normalized spacial score (nSPS) is 19.9. The molecule has 2 heterocycles. The molecule has 29 heavy (non-hydrogen) atoms. The largest absolute Gasteiger partial charge is 0.455 e. The fourth-order valence-corrected chi connectivity index (χ4v) is 4.30. The van der Waals surface area contributed by atoms with E-state index in [1.54, 1.807) is 6.08 Å². The third kappa shape index (κ3) is 2.61. The van der Waals surface area contributed by atoms with Crippen molar-refractivity contribution in [2.75, 3.05) is 0 Å². The molecule has 1 unspecified atom stereocenters. The van der Waals surface area contributed by atoms with Crippen LogP contribution < -0.4 is 4.74 Å². The molecular formula is C26H24O3. The number of carbonyl (C=O) groups is 1. The standard InChI is InChI=1S/C26H24O3/c1-6-9-19-16(4)11-13-21-24(19)28-25-20(10-7-2)18(8-3)12-14-22(25)26(21)17(5)15-23(27)29-26/h6-15H,3H2,1-2,4-5H3/b9-6-,10-7-. The van der Waals surface area contributed by atoms with E-state index in [1.165, 1.54) is 0 Å². The van der Waals surface area contributed by atoms with Gasteiger partial charge in [-0.3, -0.25) is 0 Å². The second kappa shape index (κ2) is 6.93. The zero-order valence-electron chi connectivity index (χ0n) is 17.2. The third-order valence-corrected chi connectivity index (χ3v) is 5.64. The van der Waals surface area contributed by atoms with Crippen LogP contribution in [0.1, 0.15) is 54.2 Å². The summed E-state index contributed by atoms with van der Waals surface area (Å²) in [6.07, 6.45) is 11.4. The molecule has 2 aliphatic rings. The predicted molar refractivity (Wildman–Crippen MR) is 118 cm³/mol. The van der Waals surface area contributed by atoms with Gasteiger partial charge in [-0.15, -0.1) is 0 Å². The van der Waals surface area contributed by atoms with Gasteiger partial charge < -0.3 is 9.47 Å². The molecule has 1 spiro atoms. The van der Waals surface area contributed by atoms with E-state index in [0.29, 0.717) is 5.75 Å². The molecule has 0 saturated carbocycles. The average Bonchev–Trinajstić information content (AvgIpc) is 2.99. The van der Waals surface area contributed by atoms with E-state index < -0.39 is 5.60 Å². The Hall–Kier alpha value is -3.33. The molecule has 4 rings (SSSR count). The molecule has 0 N–H and O–H groups in total. The third-order valence-electron chi connectivity index (χ3n) is 5.64. The van der Waals surface area contributed by atoms with Crippen molar-refractivity contribution in [3.8, 4) is 11.5 Å². The van der Waals surface area contributed by atoms with Crippen LogP contribution in [0.5, 0.6) is 11.5 Å². The summed E-state index contributed by atoms with van der Waals surface area (Å²) in [5.41, 5.74) is 5.52. The molecule has 3 nitrogen and oxygen atoms in total. The molecule has 0 bridgehead atoms. The first kappa shape index (κ1) is 19.0. The molecule has 1 atom stereocenters. The molecule has 0 aromatic heterocycles. The van der Waals surface area contributed by atoms with Crippen molar-refractivity contribution in [3.63, 3.8) is 0 Å². The van der Waals surface area contributed by atoms with Gasteiger partial charge in [-0.25, -0.2) is 4.79 Å². The maximum Gasteiger partial charge on any atom is 0.332 e. The molecule has 0 aliphatic carbocycles. The molecule has 146 valence electrons. The first-order valence-electron chi connectivity index (χ1n) is 9.76. The second-order valence-corrected chi connectivity index (χ2v) is 7.35. The monoisotopic (exact) mass is 384 g/mol. The fraction of sp³-hybridized carbons (Fsp3) is 0.192. The highest BCUT2D eigenvalue weighted by atomic mass is 16.6. The van der Waals surface area contributed by atoms with Gasteiger partial charge in [0, 0.05) is 28.3 Å². The number of fused-ring (bicyclic) bond motifs is 4. The number of hydrogen-bond acceptors (Lipinski definition) is 3. The lowest BCUT2D eigenvalue weighted by Crippen LogP contribution is -2.34. The smallest absolute Gasteiger partial charge is 0.332 e. The lowest BCUT2D eigenvalue weighted by molar-refractivity contribution is -0.144. The summed E-state index contributed by atoms with van der Waals surface area (Å²) in [5.74, 6) is 1.09. The van der Waals surface area contributed by atoms with Crippen molar-refractivity contribution in [1.82, 2.24) is 0 Å². The molecule has 3 heteroatoms. The van der Waals surface area contributed by atoms with Crippen LogP contribution in [0.15, 0.2) is 54.6 Å². The van der Waals surface area contributed by atoms with E-state index in [0.717, 1.165) is 44.7 Å². The van der Waals surface area contributed by atoms with E-state index in [-0.39, 0.29) is 5.97 Å². The van der Waals surface area contributed by atoms with Gasteiger partial charge in [0.2, 0.25) is 0 Å². The Morgan fingerprint density at radius 2 is 1.55 bits per heavy atom. The fourth-order valence-electron chi connectivity index (χ4n) is 4.30. The molecule has 2 aromatic rings. The Kier molecular flexibility index (Phi) is 4.54. The van der Waals surface area contributed by atoms with Gasteiger partial charge in [0.05, 0.1) is 0 Å². The van der Waals surface area contributed by atoms with Gasteiger partial charge in [0.25, 0.3) is 0 Å². The quantitative estimate of drug-likeness (QED) is 0.562. The van der Waals surface area contributed by atoms with E-state index in [9.17, 15) is 4.79 Å². The lowest BCUT2D eigenvalue weighted by Gasteiger charge is -2.39. The maximum absolute atomic E-state index is 12.4. The molecule has 0 amide bonds. The van der Waals surface area contributed by atoms with Gasteiger partial charge in [-0.1, -0.05) is 55.2 Å². The highest BCUT2D eigenvalue weighted by Gasteiger charge is 2.51. The summed E-state index contributed by atoms with van der Waals surface area (Å²) >= 11 is 0. The maximum atomic E-state index is 12.4. The number of esters is 1. The Morgan fingerprint density at radius 3 is 2.14 bits per heavy atom. The zero-order chi connectivity index (χ0) is 20.8. The first-order valence-corrected chi connectivity index (χ1v) is 9.76. The zero-order valence-corrected chi connectivity index (χ0v) is 17.2. The van der Waals surface area contributed by atoms with Crippen LogP contribution in [-0.2, 0) is 15.1 Å². The molecule has 0 saturated heterocycles. The molecule has 2 aliphatic heterocycles. The minimum atomic E-state index is -0.986. The van der Waals surface area contributed by atoms with Crippen molar-refractivity contribution < 1.29 is 14.3 Å². The van der Waals surface area contributed by atoms with E-state index in [2.05, 4.69) is 19.6 Å². The van der Waals surface area contributed by atoms with Gasteiger partial charge in [-0.2, -0.15) is 0 Å². The van der Waals surface area contributed by atoms with E-state index in [4.69, 9.17) is 9.47 Å². The van der Waals surface area contributed by atoms with Gasteiger partial charge >= 0.3 is 5.97 Å². The minimum Gasteiger partial charge on any atom is -0.455 e. The van der Waals surface area contributed by atoms with Gasteiger partial charge in [0.1, 0.15) is 11.5 Å². The Labute approximate surface area is 171 Å². The SMILES string of the molecule is C=Cc1ccc2c(c1/C=C\C)Oc1c(ccc(C)c1/C=C\C)C21OC(=O)C=C1C. The van der Waals surface area contributed by atoms with Crippen molar-refractivity contribution >= 4 is 24.2 Å². The molecule has 0 fully saturated rings. The van der Waals surface area contributed by atoms with Crippen LogP contribution in [0, 0.1) is 6.92 Å². The topological polar surface area (TPSA) is 35.5 Å². The molecule has 2 aromatic carbocycles. The summed E-state index contributed by atoms with van der Waals surface area (Å²) < 4.78 is 12.6. The minimum absolute atomic E-state index is 0.338. The summed E-state index contributed by atoms with van der Waals surface area (Å²) in [5, 5.41) is 0. The summed E-state index contributed by atoms with van der Waals surface area (Å²) in [7, 11) is 0.